The smallest absolute Gasteiger partial charge is 0.478 e. The number of imide groups is 1. The monoisotopic (exact) mass is 855 g/mol. The minimum Gasteiger partial charge on any atom is -0.478 e. The highest BCUT2D eigenvalue weighted by Gasteiger charge is 2.38. The lowest BCUT2D eigenvalue weighted by molar-refractivity contribution is -0.192. The number of pyridine rings is 1. The fraction of sp³-hybridized carbons (Fsp3) is 0.452. The number of H-pyrrole nitrogens is 1. The van der Waals surface area contributed by atoms with Crippen molar-refractivity contribution in [2.24, 2.45) is 17.6 Å². The molecule has 1 aliphatic rings. The zero-order valence-corrected chi connectivity index (χ0v) is 34.7. The van der Waals surface area contributed by atoms with Crippen molar-refractivity contribution < 1.29 is 51.5 Å². The lowest BCUT2D eigenvalue weighted by Crippen LogP contribution is -2.50. The van der Waals surface area contributed by atoms with Gasteiger partial charge in [0.1, 0.15) is 5.60 Å². The Labute approximate surface area is 350 Å². The predicted octanol–water partition coefficient (Wildman–Crippen LogP) is 5.82. The Kier molecular flexibility index (Phi) is 16.7. The molecule has 0 spiro atoms. The highest BCUT2D eigenvalue weighted by atomic mass is 19.4. The highest BCUT2D eigenvalue weighted by molar-refractivity contribution is 6.17. The number of nitrogens with zero attached hydrogens (tertiary/aromatic N) is 4. The number of alkyl halides is 3. The van der Waals surface area contributed by atoms with E-state index in [9.17, 15) is 32.3 Å². The molecule has 330 valence electrons. The summed E-state index contributed by atoms with van der Waals surface area (Å²) in [5.41, 5.74) is 9.58. The van der Waals surface area contributed by atoms with Crippen LogP contribution in [0.4, 0.5) is 23.7 Å². The van der Waals surface area contributed by atoms with E-state index < -0.39 is 47.5 Å². The summed E-state index contributed by atoms with van der Waals surface area (Å²) in [4.78, 5) is 71.1. The van der Waals surface area contributed by atoms with Gasteiger partial charge in [0.05, 0.1) is 18.3 Å². The number of aromatic amines is 1. The van der Waals surface area contributed by atoms with E-state index in [1.165, 1.54) is 4.90 Å². The molecule has 4 aromatic rings. The second-order valence-corrected chi connectivity index (χ2v) is 15.8. The van der Waals surface area contributed by atoms with E-state index in [2.05, 4.69) is 29.9 Å². The number of nitrogens with two attached hydrogens (primary N) is 1. The first kappa shape index (κ1) is 47.6. The molecule has 0 saturated heterocycles. The van der Waals surface area contributed by atoms with Crippen LogP contribution in [0.25, 0.3) is 22.5 Å². The first-order valence-corrected chi connectivity index (χ1v) is 19.6. The Balaban J connectivity index is 0.00000107. The van der Waals surface area contributed by atoms with Gasteiger partial charge in [-0.3, -0.25) is 19.1 Å². The van der Waals surface area contributed by atoms with Crippen LogP contribution in [-0.2, 0) is 25.5 Å². The van der Waals surface area contributed by atoms with E-state index >= 15 is 0 Å². The Morgan fingerprint density at radius 1 is 0.951 bits per heavy atom. The third-order valence-corrected chi connectivity index (χ3v) is 9.45. The minimum absolute atomic E-state index is 0.181. The maximum atomic E-state index is 14.2. The maximum Gasteiger partial charge on any atom is 0.490 e. The zero-order chi connectivity index (χ0) is 44.9. The van der Waals surface area contributed by atoms with Gasteiger partial charge in [-0.1, -0.05) is 29.4 Å². The molecule has 16 nitrogen and oxygen atoms in total. The lowest BCUT2D eigenvalue weighted by atomic mass is 9.81. The van der Waals surface area contributed by atoms with Crippen LogP contribution in [0.15, 0.2) is 76.2 Å². The average molecular weight is 856 g/mol. The molecule has 61 heavy (non-hydrogen) atoms. The maximum absolute atomic E-state index is 14.2. The largest absolute Gasteiger partial charge is 0.490 e. The van der Waals surface area contributed by atoms with Crippen molar-refractivity contribution in [1.29, 1.82) is 0 Å². The van der Waals surface area contributed by atoms with Gasteiger partial charge in [-0.15, -0.1) is 0 Å². The van der Waals surface area contributed by atoms with Crippen LogP contribution < -0.4 is 26.4 Å². The van der Waals surface area contributed by atoms with Gasteiger partial charge in [-0.05, 0) is 121 Å². The molecule has 5 N–H and O–H groups in total. The zero-order valence-electron chi connectivity index (χ0n) is 34.7. The molecule has 19 heteroatoms. The lowest BCUT2D eigenvalue weighted by Gasteiger charge is -2.32. The van der Waals surface area contributed by atoms with Crippen LogP contribution in [0.5, 0.6) is 5.88 Å². The molecule has 0 aliphatic heterocycles. The number of carboxylic acids is 1. The predicted molar refractivity (Wildman–Crippen MR) is 218 cm³/mol. The number of aromatic nitrogens is 3. The van der Waals surface area contributed by atoms with Crippen LogP contribution in [0.1, 0.15) is 58.4 Å². The highest BCUT2D eigenvalue weighted by Crippen LogP contribution is 2.32. The van der Waals surface area contributed by atoms with Gasteiger partial charge < -0.3 is 30.5 Å². The number of rotatable bonds is 14. The number of alkyl carbamates (subject to hydrolysis) is 1. The number of aliphatic carboxylic acids is 1. The fourth-order valence-electron chi connectivity index (χ4n) is 6.36. The molecule has 1 atom stereocenters. The Morgan fingerprint density at radius 3 is 2.08 bits per heavy atom. The van der Waals surface area contributed by atoms with Crippen LogP contribution in [0, 0.1) is 11.8 Å². The molecule has 3 amide bonds. The molecule has 2 aromatic carbocycles. The van der Waals surface area contributed by atoms with Gasteiger partial charge >= 0.3 is 24.0 Å². The molecular formula is C42H52F3N7O9. The van der Waals surface area contributed by atoms with Crippen LogP contribution in [-0.4, -0.2) is 101 Å². The Bertz CT molecular complexity index is 2110. The van der Waals surface area contributed by atoms with Crippen LogP contribution in [0.2, 0.25) is 0 Å². The number of ether oxygens (including phenoxy) is 2. The standard InChI is InChI=1S/C40H51N7O7.C2HF3O2/c1-40(2,3)53-38(50)43-24-27-9-13-30(14-10-27)36(48)47(32-18-15-29(16-19-32)35-44-39(51)54-45-35)37(49)33(41)23-26-7-11-28(12-8-26)31-17-20-34(42-25-31)52-22-6-21-46(4)5;3-2(4,5)1(6)7/h7-8,11-12,15-20,25,27,30,33H,6,9-10,13-14,21-24,41H2,1-5H3,(H,43,50)(H,44,45,51);(H,6,7)/t27-,30-,33-;/m0./s1. The molecule has 2 heterocycles. The third kappa shape index (κ3) is 15.2. The second kappa shape index (κ2) is 21.4. The van der Waals surface area contributed by atoms with E-state index in [-0.39, 0.29) is 24.1 Å². The van der Waals surface area contributed by atoms with E-state index in [0.29, 0.717) is 56.0 Å². The summed E-state index contributed by atoms with van der Waals surface area (Å²) in [5, 5.41) is 13.7. The van der Waals surface area contributed by atoms with Crippen molar-refractivity contribution in [3.63, 3.8) is 0 Å². The summed E-state index contributed by atoms with van der Waals surface area (Å²) >= 11 is 0. The van der Waals surface area contributed by atoms with E-state index in [1.807, 2.05) is 71.3 Å². The van der Waals surface area contributed by atoms with Crippen molar-refractivity contribution in [2.45, 2.75) is 77.1 Å². The number of anilines is 1. The number of hydrogen-bond acceptors (Lipinski definition) is 12. The minimum atomic E-state index is -5.08. The van der Waals surface area contributed by atoms with E-state index in [4.69, 9.17) is 25.1 Å². The van der Waals surface area contributed by atoms with Gasteiger partial charge in [0.15, 0.2) is 5.82 Å². The summed E-state index contributed by atoms with van der Waals surface area (Å²) in [5.74, 6) is -3.73. The summed E-state index contributed by atoms with van der Waals surface area (Å²) < 4.78 is 47.5. The molecule has 5 rings (SSSR count). The van der Waals surface area contributed by atoms with Crippen molar-refractivity contribution in [3.8, 4) is 28.4 Å². The van der Waals surface area contributed by atoms with E-state index in [1.54, 1.807) is 30.5 Å². The third-order valence-electron chi connectivity index (χ3n) is 9.45. The molecule has 1 aliphatic carbocycles. The quantitative estimate of drug-likeness (QED) is 0.110. The van der Waals surface area contributed by atoms with Crippen molar-refractivity contribution in [1.82, 2.24) is 25.3 Å². The number of nitrogens with one attached hydrogen (secondary N) is 2. The number of benzene rings is 2. The summed E-state index contributed by atoms with van der Waals surface area (Å²) in [6.07, 6.45) is -0.158. The first-order chi connectivity index (χ1) is 28.7. The number of halogens is 3. The molecule has 1 fully saturated rings. The topological polar surface area (TPSA) is 223 Å². The number of hydrogen-bond donors (Lipinski definition) is 4. The number of carbonyl (C=O) groups excluding carboxylic acids is 3. The molecule has 1 saturated carbocycles. The average Bonchev–Trinajstić information content (AvgIpc) is 3.65. The summed E-state index contributed by atoms with van der Waals surface area (Å²) in [6.45, 7) is 7.41. The molecule has 2 aromatic heterocycles. The van der Waals surface area contributed by atoms with Gasteiger partial charge in [-0.25, -0.2) is 24.3 Å². The SMILES string of the molecule is CN(C)CCCOc1ccc(-c2ccc(C[C@H](N)C(=O)N(c3ccc(-c4noc(=O)[nH]4)cc3)C(=O)[C@H]3CC[C@H](CNC(=O)OC(C)(C)C)CC3)cc2)cn1.O=C(O)C(F)(F)F. The van der Waals surface area contributed by atoms with Gasteiger partial charge in [0.2, 0.25) is 11.8 Å². The van der Waals surface area contributed by atoms with Crippen molar-refractivity contribution in [2.75, 3.05) is 38.7 Å². The number of carboxylic acid groups (broad SMARTS) is 1. The summed E-state index contributed by atoms with van der Waals surface area (Å²) in [6, 6.07) is 17.1. The van der Waals surface area contributed by atoms with Gasteiger partial charge in [-0.2, -0.15) is 13.2 Å². The normalized spacial score (nSPS) is 15.8. The molecular weight excluding hydrogens is 803 g/mol. The van der Waals surface area contributed by atoms with Crippen LogP contribution in [0.3, 0.4) is 0 Å². The fourth-order valence-corrected chi connectivity index (χ4v) is 6.36. The van der Waals surface area contributed by atoms with Gasteiger partial charge in [0.25, 0.3) is 5.91 Å². The molecule has 0 radical (unpaired) electrons. The summed E-state index contributed by atoms with van der Waals surface area (Å²) in [7, 11) is 4.05. The van der Waals surface area contributed by atoms with Gasteiger partial charge in [0, 0.05) is 42.4 Å². The number of amides is 3. The van der Waals surface area contributed by atoms with Crippen molar-refractivity contribution >= 4 is 29.6 Å². The Hall–Kier alpha value is -6.08. The van der Waals surface area contributed by atoms with Crippen LogP contribution >= 0.6 is 0 Å². The Morgan fingerprint density at radius 2 is 1.56 bits per heavy atom. The molecule has 0 unspecified atom stereocenters. The second-order valence-electron chi connectivity index (χ2n) is 15.8. The molecule has 0 bridgehead atoms. The van der Waals surface area contributed by atoms with E-state index in [0.717, 1.165) is 29.7 Å². The number of carbonyl (C=O) groups is 4. The first-order valence-electron chi connectivity index (χ1n) is 19.6. The van der Waals surface area contributed by atoms with Crippen molar-refractivity contribution in [3.05, 3.63) is 83.0 Å².